The van der Waals surface area contributed by atoms with Gasteiger partial charge in [-0.3, -0.25) is 13.4 Å². The molecule has 0 saturated carbocycles. The molecule has 0 rings (SSSR count). The van der Waals surface area contributed by atoms with Crippen LogP contribution in [0.4, 0.5) is 0 Å². The van der Waals surface area contributed by atoms with Crippen molar-refractivity contribution in [3.8, 4) is 0 Å². The van der Waals surface area contributed by atoms with Crippen molar-refractivity contribution >= 4 is 97.0 Å². The van der Waals surface area contributed by atoms with Crippen LogP contribution in [0.2, 0.25) is 0 Å². The molecule has 128 valence electrons. The van der Waals surface area contributed by atoms with Crippen LogP contribution in [0.3, 0.4) is 0 Å². The van der Waals surface area contributed by atoms with Gasteiger partial charge >= 0.3 is 97.0 Å². The second-order valence-electron chi connectivity index (χ2n) is 0.848. The molecule has 0 unspecified atom stereocenters. The van der Waals surface area contributed by atoms with Crippen LogP contribution < -0.4 is 0 Å². The predicted octanol–water partition coefficient (Wildman–Crippen LogP) is -10.0. The fraction of sp³-hybridized carbons (Fsp3) is 0. The molecular weight excluding hydrogens is 448 g/mol. The first kappa shape index (κ1) is 130. The molecule has 0 radical (unpaired) electrons. The van der Waals surface area contributed by atoms with Crippen LogP contribution in [-0.2, 0) is 29.8 Å². The molecule has 23 heteroatoms. The zero-order valence-corrected chi connectivity index (χ0v) is 18.6. The van der Waals surface area contributed by atoms with E-state index in [-0.39, 0.29) is 108 Å². The van der Waals surface area contributed by atoms with E-state index in [4.69, 9.17) is 42.2 Å². The summed E-state index contributed by atoms with van der Waals surface area (Å²) in [5.74, 6) is 0. The third-order valence-corrected chi connectivity index (χ3v) is 0. The van der Waals surface area contributed by atoms with Crippen molar-refractivity contribution in [2.75, 3.05) is 0 Å². The van der Waals surface area contributed by atoms with Gasteiger partial charge in [-0.05, 0) is 0 Å². The van der Waals surface area contributed by atoms with Crippen molar-refractivity contribution in [3.05, 3.63) is 0 Å². The van der Waals surface area contributed by atoms with E-state index in [9.17, 15) is 0 Å². The van der Waals surface area contributed by atoms with Crippen molar-refractivity contribution < 1.29 is 80.5 Å². The molecule has 0 amide bonds. The minimum atomic E-state index is -3.13. The van der Waals surface area contributed by atoms with Crippen molar-refractivity contribution in [3.63, 3.8) is 0 Å². The molecule has 0 spiro atoms. The maximum atomic E-state index is 8.74. The molecule has 0 aromatic rings. The van der Waals surface area contributed by atoms with Gasteiger partial charge in [0.05, 0.1) is 0 Å². The SMILES string of the molecule is O.O.O.O.O=[Si](O)O.O=[Si](O)O.O=[Si](O)O.[Al+3].[Al+3].[Al+3].[Al+3].[O-2].[O-2].[O-2]. The minimum Gasteiger partial charge on any atom is -2.00 e. The van der Waals surface area contributed by atoms with E-state index in [1.807, 2.05) is 0 Å². The summed E-state index contributed by atoms with van der Waals surface area (Å²) in [5.41, 5.74) is 0. The van der Waals surface area contributed by atoms with Gasteiger partial charge in [-0.1, -0.05) is 0 Å². The summed E-state index contributed by atoms with van der Waals surface area (Å²) in [7, 11) is -9.39. The number of hydrogen-bond donors (Lipinski definition) is 6. The van der Waals surface area contributed by atoms with Crippen molar-refractivity contribution in [2.24, 2.45) is 0 Å². The second-order valence-corrected chi connectivity index (χ2v) is 2.54. The predicted molar refractivity (Wildman–Crippen MR) is 72.2 cm³/mol. The Bertz CT molecular complexity index is 125. The maximum Gasteiger partial charge on any atom is 3.00 e. The van der Waals surface area contributed by atoms with Crippen LogP contribution in [0.25, 0.3) is 0 Å². The van der Waals surface area contributed by atoms with Crippen LogP contribution in [0.15, 0.2) is 0 Å². The Hall–Kier alpha value is 0.701. The zero-order chi connectivity index (χ0) is 10.7. The second kappa shape index (κ2) is 114. The smallest absolute Gasteiger partial charge is 2.00 e. The molecule has 14 N–H and O–H groups in total. The molecule has 0 atom stereocenters. The Labute approximate surface area is 176 Å². The summed E-state index contributed by atoms with van der Waals surface area (Å²) in [4.78, 5) is 42.9. The van der Waals surface area contributed by atoms with E-state index in [1.54, 1.807) is 0 Å². The van der Waals surface area contributed by atoms with Gasteiger partial charge in [0.1, 0.15) is 0 Å². The van der Waals surface area contributed by atoms with E-state index >= 15 is 0 Å². The first-order valence-corrected chi connectivity index (χ1v) is 5.86. The molecule has 23 heavy (non-hydrogen) atoms. The van der Waals surface area contributed by atoms with Gasteiger partial charge in [-0.25, -0.2) is 0 Å². The van der Waals surface area contributed by atoms with Crippen LogP contribution in [-0.4, -0.2) is 148 Å². The normalized spacial score (nSPS) is 3.13. The van der Waals surface area contributed by atoms with E-state index < -0.39 is 27.5 Å². The Morgan fingerprint density at radius 1 is 0.391 bits per heavy atom. The van der Waals surface area contributed by atoms with Gasteiger partial charge in [-0.2, -0.15) is 0 Å². The summed E-state index contributed by atoms with van der Waals surface area (Å²) in [5, 5.41) is 0. The van der Waals surface area contributed by atoms with Gasteiger partial charge < -0.3 is 67.1 Å². The topological polar surface area (TPSA) is 384 Å². The van der Waals surface area contributed by atoms with Gasteiger partial charge in [0.15, 0.2) is 0 Å². The standard InChI is InChI=1S/4Al.3H2O3Si.4H2O.3O/c;;;;3*1-4(2)3;;;;;;;/h;;;;3*1-2H;4*1H2;;;/q4*+3;;;;;;;;3*-2. The van der Waals surface area contributed by atoms with E-state index in [2.05, 4.69) is 0 Å². The summed E-state index contributed by atoms with van der Waals surface area (Å²) in [6.07, 6.45) is 0. The number of hydrogen-bond acceptors (Lipinski definition) is 3. The molecular formula is H14Al4O16Si3+6. The Morgan fingerprint density at radius 3 is 0.391 bits per heavy atom. The average Bonchev–Trinajstić information content (AvgIpc) is 1.54. The molecule has 0 saturated heterocycles. The summed E-state index contributed by atoms with van der Waals surface area (Å²) in [6, 6.07) is 0. The molecule has 0 aliphatic rings. The van der Waals surface area contributed by atoms with Crippen molar-refractivity contribution in [1.29, 1.82) is 0 Å². The maximum absolute atomic E-state index is 8.74. The van der Waals surface area contributed by atoms with Crippen molar-refractivity contribution in [2.45, 2.75) is 0 Å². The van der Waals surface area contributed by atoms with E-state index in [1.165, 1.54) is 0 Å². The molecule has 0 aromatic heterocycles. The fourth-order valence-electron chi connectivity index (χ4n) is 0. The molecule has 0 aliphatic carbocycles. The van der Waals surface area contributed by atoms with Crippen LogP contribution in [0.5, 0.6) is 0 Å². The van der Waals surface area contributed by atoms with Gasteiger partial charge in [0, 0.05) is 0 Å². The van der Waals surface area contributed by atoms with Gasteiger partial charge in [0.25, 0.3) is 0 Å². The zero-order valence-electron chi connectivity index (χ0n) is 10.9. The largest absolute Gasteiger partial charge is 3.00 e. The van der Waals surface area contributed by atoms with Crippen LogP contribution in [0, 0.1) is 0 Å². The molecule has 16 nitrogen and oxygen atoms in total. The molecule has 0 aromatic carbocycles. The van der Waals surface area contributed by atoms with E-state index in [0.29, 0.717) is 0 Å². The molecule has 0 aliphatic heterocycles. The average molecular weight is 462 g/mol. The minimum absolute atomic E-state index is 0. The first-order valence-electron chi connectivity index (χ1n) is 1.95. The van der Waals surface area contributed by atoms with E-state index in [0.717, 1.165) is 0 Å². The quantitative estimate of drug-likeness (QED) is 0.186. The summed E-state index contributed by atoms with van der Waals surface area (Å²) in [6.45, 7) is 0. The number of rotatable bonds is 0. The Kier molecular flexibility index (Phi) is 641. The fourth-order valence-corrected chi connectivity index (χ4v) is 0. The molecule has 0 fully saturated rings. The van der Waals surface area contributed by atoms with Crippen molar-refractivity contribution in [1.82, 2.24) is 0 Å². The molecule has 0 heterocycles. The third kappa shape index (κ3) is 19800. The monoisotopic (exact) mass is 462 g/mol. The van der Waals surface area contributed by atoms with Crippen LogP contribution in [0.1, 0.15) is 0 Å². The molecule has 0 bridgehead atoms. The Balaban J connectivity index is -0.00000000355. The summed E-state index contributed by atoms with van der Waals surface area (Å²) < 4.78 is 26.2. The summed E-state index contributed by atoms with van der Waals surface area (Å²) >= 11 is 0. The van der Waals surface area contributed by atoms with Crippen LogP contribution >= 0.6 is 0 Å². The Morgan fingerprint density at radius 2 is 0.391 bits per heavy atom. The third-order valence-electron chi connectivity index (χ3n) is 0. The van der Waals surface area contributed by atoms with Gasteiger partial charge in [-0.15, -0.1) is 0 Å². The first-order chi connectivity index (χ1) is 5.20. The van der Waals surface area contributed by atoms with Gasteiger partial charge in [0.2, 0.25) is 0 Å².